The Morgan fingerprint density at radius 2 is 1.75 bits per heavy atom. The number of nitrogens with one attached hydrogen (secondary N) is 1. The van der Waals surface area contributed by atoms with Gasteiger partial charge < -0.3 is 14.2 Å². The number of carbonyl (C=O) groups is 1. The van der Waals surface area contributed by atoms with Gasteiger partial charge in [0.25, 0.3) is 5.91 Å². The lowest BCUT2D eigenvalue weighted by Crippen LogP contribution is -2.17. The Bertz CT molecular complexity index is 1060. The maximum Gasteiger partial charge on any atom is 0.271 e. The summed E-state index contributed by atoms with van der Waals surface area (Å²) in [7, 11) is 1.54. The molecular weight excluding hydrogens is 404 g/mol. The van der Waals surface area contributed by atoms with Crippen molar-refractivity contribution in [2.24, 2.45) is 5.10 Å². The van der Waals surface area contributed by atoms with Crippen LogP contribution in [0.15, 0.2) is 71.8 Å². The zero-order valence-electron chi connectivity index (χ0n) is 18.6. The SMILES string of the molecule is CCCOc1ccc(C(=O)N/N=C/c2ccccc2OCc2ccc(C)cc2)cc1OC. The highest BCUT2D eigenvalue weighted by Gasteiger charge is 2.11. The van der Waals surface area contributed by atoms with Gasteiger partial charge in [0.1, 0.15) is 12.4 Å². The summed E-state index contributed by atoms with van der Waals surface area (Å²) >= 11 is 0. The summed E-state index contributed by atoms with van der Waals surface area (Å²) in [6.07, 6.45) is 2.45. The Balaban J connectivity index is 1.63. The molecule has 0 bridgehead atoms. The van der Waals surface area contributed by atoms with Crippen molar-refractivity contribution in [3.8, 4) is 17.2 Å². The first kappa shape index (κ1) is 22.9. The molecule has 3 aromatic rings. The predicted octanol–water partition coefficient (Wildman–Crippen LogP) is 5.14. The van der Waals surface area contributed by atoms with E-state index in [1.165, 1.54) is 5.56 Å². The number of hydrogen-bond acceptors (Lipinski definition) is 5. The molecule has 3 rings (SSSR count). The summed E-state index contributed by atoms with van der Waals surface area (Å²) < 4.78 is 16.9. The van der Waals surface area contributed by atoms with Crippen LogP contribution in [0.25, 0.3) is 0 Å². The fraction of sp³-hybridized carbons (Fsp3) is 0.231. The van der Waals surface area contributed by atoms with Crippen LogP contribution in [0.4, 0.5) is 0 Å². The number of hydrazone groups is 1. The van der Waals surface area contributed by atoms with Gasteiger partial charge in [-0.2, -0.15) is 5.10 Å². The standard InChI is InChI=1S/C26H28N2O4/c1-4-15-31-24-14-13-21(16-25(24)30-3)26(29)28-27-17-22-7-5-6-8-23(22)32-18-20-11-9-19(2)10-12-20/h5-14,16-17H,4,15,18H2,1-3H3,(H,28,29)/b27-17+. The quantitative estimate of drug-likeness (QED) is 0.356. The summed E-state index contributed by atoms with van der Waals surface area (Å²) in [6, 6.07) is 20.8. The molecule has 32 heavy (non-hydrogen) atoms. The largest absolute Gasteiger partial charge is 0.493 e. The van der Waals surface area contributed by atoms with Crippen molar-refractivity contribution in [1.82, 2.24) is 5.43 Å². The van der Waals surface area contributed by atoms with Gasteiger partial charge >= 0.3 is 0 Å². The molecule has 0 unspecified atom stereocenters. The first-order valence-electron chi connectivity index (χ1n) is 10.5. The van der Waals surface area contributed by atoms with Gasteiger partial charge in [0.05, 0.1) is 19.9 Å². The van der Waals surface area contributed by atoms with Gasteiger partial charge in [0.2, 0.25) is 0 Å². The average Bonchev–Trinajstić information content (AvgIpc) is 2.83. The van der Waals surface area contributed by atoms with Crippen molar-refractivity contribution < 1.29 is 19.0 Å². The molecule has 0 radical (unpaired) electrons. The second-order valence-electron chi connectivity index (χ2n) is 7.23. The molecule has 0 saturated carbocycles. The lowest BCUT2D eigenvalue weighted by atomic mass is 10.1. The summed E-state index contributed by atoms with van der Waals surface area (Å²) in [6.45, 7) is 5.11. The molecule has 0 spiro atoms. The van der Waals surface area contributed by atoms with E-state index in [1.807, 2.05) is 43.3 Å². The van der Waals surface area contributed by atoms with Crippen molar-refractivity contribution in [2.45, 2.75) is 26.9 Å². The fourth-order valence-electron chi connectivity index (χ4n) is 2.93. The van der Waals surface area contributed by atoms with E-state index in [2.05, 4.69) is 29.6 Å². The number of amides is 1. The number of carbonyl (C=O) groups excluding carboxylic acids is 1. The molecule has 6 heteroatoms. The Morgan fingerprint density at radius 1 is 0.969 bits per heavy atom. The van der Waals surface area contributed by atoms with Crippen LogP contribution in [-0.4, -0.2) is 25.8 Å². The molecule has 1 amide bonds. The third-order valence-electron chi connectivity index (χ3n) is 4.69. The normalized spacial score (nSPS) is 10.7. The minimum atomic E-state index is -0.348. The van der Waals surface area contributed by atoms with Crippen LogP contribution in [0.5, 0.6) is 17.2 Å². The molecular formula is C26H28N2O4. The van der Waals surface area contributed by atoms with Crippen molar-refractivity contribution >= 4 is 12.1 Å². The molecule has 0 aromatic heterocycles. The molecule has 6 nitrogen and oxygen atoms in total. The number of rotatable bonds is 10. The van der Waals surface area contributed by atoms with Crippen LogP contribution < -0.4 is 19.6 Å². The van der Waals surface area contributed by atoms with Crippen LogP contribution >= 0.6 is 0 Å². The zero-order chi connectivity index (χ0) is 22.8. The minimum absolute atomic E-state index is 0.348. The topological polar surface area (TPSA) is 69.2 Å². The Kier molecular flexibility index (Phi) is 8.26. The summed E-state index contributed by atoms with van der Waals surface area (Å²) in [5.74, 6) is 1.45. The summed E-state index contributed by atoms with van der Waals surface area (Å²) in [5, 5.41) is 4.10. The molecule has 1 N–H and O–H groups in total. The number of benzene rings is 3. The van der Waals surface area contributed by atoms with Crippen molar-refractivity contribution in [3.63, 3.8) is 0 Å². The molecule has 0 fully saturated rings. The summed E-state index contributed by atoms with van der Waals surface area (Å²) in [5.41, 5.74) is 6.02. The zero-order valence-corrected chi connectivity index (χ0v) is 18.6. The smallest absolute Gasteiger partial charge is 0.271 e. The van der Waals surface area contributed by atoms with Gasteiger partial charge in [0, 0.05) is 11.1 Å². The third kappa shape index (κ3) is 6.35. The summed E-state index contributed by atoms with van der Waals surface area (Å²) in [4.78, 5) is 12.5. The first-order valence-corrected chi connectivity index (χ1v) is 10.5. The van der Waals surface area contributed by atoms with E-state index < -0.39 is 0 Å². The fourth-order valence-corrected chi connectivity index (χ4v) is 2.93. The van der Waals surface area contributed by atoms with Crippen LogP contribution in [0.3, 0.4) is 0 Å². The van der Waals surface area contributed by atoms with Crippen molar-refractivity contribution in [1.29, 1.82) is 0 Å². The van der Waals surface area contributed by atoms with Gasteiger partial charge in [-0.05, 0) is 49.2 Å². The first-order chi connectivity index (χ1) is 15.6. The molecule has 0 atom stereocenters. The van der Waals surface area contributed by atoms with E-state index in [9.17, 15) is 4.79 Å². The van der Waals surface area contributed by atoms with E-state index in [-0.39, 0.29) is 5.91 Å². The Labute approximate surface area is 188 Å². The molecule has 0 aliphatic rings. The molecule has 166 valence electrons. The van der Waals surface area contributed by atoms with Gasteiger partial charge in [-0.25, -0.2) is 5.43 Å². The highest BCUT2D eigenvalue weighted by atomic mass is 16.5. The van der Waals surface area contributed by atoms with E-state index in [4.69, 9.17) is 14.2 Å². The maximum atomic E-state index is 12.5. The van der Waals surface area contributed by atoms with Crippen LogP contribution in [0.1, 0.15) is 40.4 Å². The highest BCUT2D eigenvalue weighted by Crippen LogP contribution is 2.28. The average molecular weight is 433 g/mol. The number of ether oxygens (including phenoxy) is 3. The Morgan fingerprint density at radius 3 is 2.50 bits per heavy atom. The minimum Gasteiger partial charge on any atom is -0.493 e. The molecule has 0 saturated heterocycles. The van der Waals surface area contributed by atoms with Gasteiger partial charge in [-0.1, -0.05) is 48.9 Å². The predicted molar refractivity (Wildman–Crippen MR) is 126 cm³/mol. The second-order valence-corrected chi connectivity index (χ2v) is 7.23. The van der Waals surface area contributed by atoms with Gasteiger partial charge in [-0.3, -0.25) is 4.79 Å². The number of para-hydroxylation sites is 1. The van der Waals surface area contributed by atoms with Gasteiger partial charge in [-0.15, -0.1) is 0 Å². The molecule has 0 heterocycles. The number of aryl methyl sites for hydroxylation is 1. The highest BCUT2D eigenvalue weighted by molar-refractivity contribution is 5.95. The van der Waals surface area contributed by atoms with Crippen LogP contribution in [0.2, 0.25) is 0 Å². The number of hydrogen-bond donors (Lipinski definition) is 1. The third-order valence-corrected chi connectivity index (χ3v) is 4.69. The lowest BCUT2D eigenvalue weighted by Gasteiger charge is -2.11. The van der Waals surface area contributed by atoms with Crippen molar-refractivity contribution in [3.05, 3.63) is 89.0 Å². The Hall–Kier alpha value is -3.80. The van der Waals surface area contributed by atoms with Crippen LogP contribution in [0, 0.1) is 6.92 Å². The molecule has 3 aromatic carbocycles. The second kappa shape index (κ2) is 11.6. The van der Waals surface area contributed by atoms with E-state index in [0.29, 0.717) is 36.0 Å². The van der Waals surface area contributed by atoms with Crippen molar-refractivity contribution in [2.75, 3.05) is 13.7 Å². The molecule has 0 aliphatic heterocycles. The lowest BCUT2D eigenvalue weighted by molar-refractivity contribution is 0.0954. The molecule has 0 aliphatic carbocycles. The number of nitrogens with zero attached hydrogens (tertiary/aromatic N) is 1. The van der Waals surface area contributed by atoms with Gasteiger partial charge in [0.15, 0.2) is 11.5 Å². The van der Waals surface area contributed by atoms with E-state index >= 15 is 0 Å². The van der Waals surface area contributed by atoms with E-state index in [1.54, 1.807) is 31.5 Å². The monoisotopic (exact) mass is 432 g/mol. The van der Waals surface area contributed by atoms with Crippen LogP contribution in [-0.2, 0) is 6.61 Å². The van der Waals surface area contributed by atoms with E-state index in [0.717, 1.165) is 17.5 Å². The maximum absolute atomic E-state index is 12.5. The number of methoxy groups -OCH3 is 1.